The summed E-state index contributed by atoms with van der Waals surface area (Å²) >= 11 is 0. The fourth-order valence-electron chi connectivity index (χ4n) is 3.41. The number of likely N-dealkylation sites (tertiary alicyclic amines) is 1. The number of nitrogens with zero attached hydrogens (tertiary/aromatic N) is 2. The molecule has 1 saturated heterocycles. The van der Waals surface area contributed by atoms with Crippen LogP contribution in [0.4, 0.5) is 0 Å². The Bertz CT molecular complexity index is 566. The monoisotopic (exact) mass is 520 g/mol. The molecule has 0 aromatic heterocycles. The van der Waals surface area contributed by atoms with E-state index in [0.717, 1.165) is 31.3 Å². The normalized spacial score (nSPS) is 16.0. The van der Waals surface area contributed by atoms with Crippen molar-refractivity contribution in [1.29, 1.82) is 0 Å². The molecule has 166 valence electrons. The third-order valence-electron chi connectivity index (χ3n) is 4.99. The number of benzene rings is 1. The molecule has 0 aliphatic carbocycles. The Balaban J connectivity index is 0.00000420. The molecule has 8 heteroatoms. The Morgan fingerprint density at radius 3 is 2.38 bits per heavy atom. The maximum Gasteiger partial charge on any atom is 0.191 e. The number of piperidine rings is 1. The Kier molecular flexibility index (Phi) is 14.0. The molecule has 1 heterocycles. The van der Waals surface area contributed by atoms with Crippen molar-refractivity contribution in [1.82, 2.24) is 15.5 Å². The molecule has 0 radical (unpaired) electrons. The van der Waals surface area contributed by atoms with Crippen LogP contribution in [-0.4, -0.2) is 78.1 Å². The minimum atomic E-state index is 0. The summed E-state index contributed by atoms with van der Waals surface area (Å²) in [7, 11) is 5.17. The second kappa shape index (κ2) is 15.7. The molecular formula is C21H37IN4O3. The molecule has 0 amide bonds. The predicted molar refractivity (Wildman–Crippen MR) is 129 cm³/mol. The van der Waals surface area contributed by atoms with E-state index in [0.29, 0.717) is 32.4 Å². The topological polar surface area (TPSA) is 67.4 Å². The van der Waals surface area contributed by atoms with Gasteiger partial charge in [-0.05, 0) is 43.6 Å². The zero-order chi connectivity index (χ0) is 20.0. The van der Waals surface area contributed by atoms with Crippen LogP contribution in [0.3, 0.4) is 0 Å². The summed E-state index contributed by atoms with van der Waals surface area (Å²) in [5, 5.41) is 6.79. The van der Waals surface area contributed by atoms with Gasteiger partial charge in [0.15, 0.2) is 5.96 Å². The lowest BCUT2D eigenvalue weighted by Crippen LogP contribution is -2.45. The fourth-order valence-corrected chi connectivity index (χ4v) is 3.41. The van der Waals surface area contributed by atoms with Crippen molar-refractivity contribution in [3.63, 3.8) is 0 Å². The molecule has 7 nitrogen and oxygen atoms in total. The summed E-state index contributed by atoms with van der Waals surface area (Å²) in [6.45, 7) is 5.63. The summed E-state index contributed by atoms with van der Waals surface area (Å²) in [4.78, 5) is 6.90. The summed E-state index contributed by atoms with van der Waals surface area (Å²) in [5.41, 5.74) is 1.30. The van der Waals surface area contributed by atoms with Crippen LogP contribution < -0.4 is 15.4 Å². The molecule has 2 rings (SSSR count). The van der Waals surface area contributed by atoms with E-state index in [2.05, 4.69) is 32.7 Å². The Hall–Kier alpha value is -1.10. The lowest BCUT2D eigenvalue weighted by Gasteiger charge is -2.35. The van der Waals surface area contributed by atoms with E-state index >= 15 is 0 Å². The van der Waals surface area contributed by atoms with E-state index in [1.165, 1.54) is 24.8 Å². The molecule has 0 saturated carbocycles. The fraction of sp³-hybridized carbons (Fsp3) is 0.667. The maximum atomic E-state index is 5.49. The molecule has 1 fully saturated rings. The van der Waals surface area contributed by atoms with Crippen LogP contribution in [0, 0.1) is 0 Å². The summed E-state index contributed by atoms with van der Waals surface area (Å²) in [5.74, 6) is 1.69. The average molecular weight is 520 g/mol. The van der Waals surface area contributed by atoms with Gasteiger partial charge in [-0.15, -0.1) is 24.0 Å². The van der Waals surface area contributed by atoms with Gasteiger partial charge in [0.25, 0.3) is 0 Å². The first kappa shape index (κ1) is 25.9. The van der Waals surface area contributed by atoms with Gasteiger partial charge < -0.3 is 24.8 Å². The van der Waals surface area contributed by atoms with Gasteiger partial charge in [-0.25, -0.2) is 0 Å². The van der Waals surface area contributed by atoms with Crippen molar-refractivity contribution in [3.05, 3.63) is 29.8 Å². The Morgan fingerprint density at radius 1 is 1.03 bits per heavy atom. The minimum Gasteiger partial charge on any atom is -0.497 e. The SMILES string of the molecule is CN=C(NCCOCCOC)NCC(c1ccc(OC)cc1)N1CCCCC1.I. The number of nitrogens with one attached hydrogen (secondary N) is 2. The van der Waals surface area contributed by atoms with E-state index in [4.69, 9.17) is 14.2 Å². The van der Waals surface area contributed by atoms with E-state index in [1.54, 1.807) is 21.3 Å². The first-order valence-corrected chi connectivity index (χ1v) is 10.2. The molecule has 1 aliphatic rings. The number of halogens is 1. The number of hydrogen-bond donors (Lipinski definition) is 2. The highest BCUT2D eigenvalue weighted by atomic mass is 127. The number of rotatable bonds is 11. The molecule has 1 unspecified atom stereocenters. The van der Waals surface area contributed by atoms with Crippen LogP contribution in [-0.2, 0) is 9.47 Å². The van der Waals surface area contributed by atoms with Crippen molar-refractivity contribution < 1.29 is 14.2 Å². The number of hydrogen-bond acceptors (Lipinski definition) is 5. The number of methoxy groups -OCH3 is 2. The standard InChI is InChI=1S/C21H36N4O3.HI/c1-22-21(23-11-14-28-16-15-26-2)24-17-20(25-12-5-4-6-13-25)18-7-9-19(27-3)10-8-18;/h7-10,20H,4-6,11-17H2,1-3H3,(H2,22,23,24);1H. The van der Waals surface area contributed by atoms with Gasteiger partial charge in [-0.1, -0.05) is 18.6 Å². The third kappa shape index (κ3) is 9.50. The van der Waals surface area contributed by atoms with Gasteiger partial charge in [0, 0.05) is 27.2 Å². The van der Waals surface area contributed by atoms with Crippen molar-refractivity contribution in [2.75, 3.05) is 67.3 Å². The van der Waals surface area contributed by atoms with Crippen molar-refractivity contribution in [2.45, 2.75) is 25.3 Å². The summed E-state index contributed by atoms with van der Waals surface area (Å²) < 4.78 is 15.8. The number of aliphatic imine (C=N–C) groups is 1. The molecule has 0 spiro atoms. The quantitative estimate of drug-likeness (QED) is 0.203. The molecule has 1 atom stereocenters. The van der Waals surface area contributed by atoms with Crippen LogP contribution in [0.5, 0.6) is 5.75 Å². The molecule has 1 aromatic rings. The van der Waals surface area contributed by atoms with Gasteiger partial charge in [-0.2, -0.15) is 0 Å². The second-order valence-electron chi connectivity index (χ2n) is 6.87. The van der Waals surface area contributed by atoms with Gasteiger partial charge in [0.2, 0.25) is 0 Å². The largest absolute Gasteiger partial charge is 0.497 e. The maximum absolute atomic E-state index is 5.49. The van der Waals surface area contributed by atoms with Gasteiger partial charge in [0.1, 0.15) is 5.75 Å². The second-order valence-corrected chi connectivity index (χ2v) is 6.87. The predicted octanol–water partition coefficient (Wildman–Crippen LogP) is 2.67. The lowest BCUT2D eigenvalue weighted by atomic mass is 10.0. The van der Waals surface area contributed by atoms with Crippen molar-refractivity contribution in [3.8, 4) is 5.75 Å². The summed E-state index contributed by atoms with van der Waals surface area (Å²) in [6, 6.07) is 8.72. The highest BCUT2D eigenvalue weighted by Crippen LogP contribution is 2.25. The van der Waals surface area contributed by atoms with Crippen LogP contribution in [0.25, 0.3) is 0 Å². The van der Waals surface area contributed by atoms with Gasteiger partial charge >= 0.3 is 0 Å². The molecule has 1 aliphatic heterocycles. The van der Waals surface area contributed by atoms with Crippen LogP contribution in [0.15, 0.2) is 29.3 Å². The van der Waals surface area contributed by atoms with E-state index in [1.807, 2.05) is 12.1 Å². The highest BCUT2D eigenvalue weighted by Gasteiger charge is 2.22. The Morgan fingerprint density at radius 2 is 1.76 bits per heavy atom. The molecular weight excluding hydrogens is 483 g/mol. The minimum absolute atomic E-state index is 0. The van der Waals surface area contributed by atoms with Gasteiger partial charge in [-0.3, -0.25) is 9.89 Å². The summed E-state index contributed by atoms with van der Waals surface area (Å²) in [6.07, 6.45) is 3.85. The number of guanidine groups is 1. The molecule has 0 bridgehead atoms. The molecule has 2 N–H and O–H groups in total. The zero-order valence-corrected chi connectivity index (χ0v) is 20.3. The zero-order valence-electron chi connectivity index (χ0n) is 18.0. The van der Waals surface area contributed by atoms with Crippen molar-refractivity contribution >= 4 is 29.9 Å². The molecule has 1 aromatic carbocycles. The third-order valence-corrected chi connectivity index (χ3v) is 4.99. The van der Waals surface area contributed by atoms with E-state index in [9.17, 15) is 0 Å². The first-order valence-electron chi connectivity index (χ1n) is 10.2. The first-order chi connectivity index (χ1) is 13.8. The van der Waals surface area contributed by atoms with Crippen molar-refractivity contribution in [2.24, 2.45) is 4.99 Å². The van der Waals surface area contributed by atoms with Crippen LogP contribution >= 0.6 is 24.0 Å². The average Bonchev–Trinajstić information content (AvgIpc) is 2.76. The smallest absolute Gasteiger partial charge is 0.191 e. The Labute approximate surface area is 192 Å². The molecule has 29 heavy (non-hydrogen) atoms. The highest BCUT2D eigenvalue weighted by molar-refractivity contribution is 14.0. The number of ether oxygens (including phenoxy) is 3. The van der Waals surface area contributed by atoms with Crippen LogP contribution in [0.2, 0.25) is 0 Å². The lowest BCUT2D eigenvalue weighted by molar-refractivity contribution is 0.0733. The van der Waals surface area contributed by atoms with E-state index in [-0.39, 0.29) is 24.0 Å². The van der Waals surface area contributed by atoms with Crippen LogP contribution in [0.1, 0.15) is 30.9 Å². The van der Waals surface area contributed by atoms with Gasteiger partial charge in [0.05, 0.1) is 33.0 Å². The van der Waals surface area contributed by atoms with E-state index < -0.39 is 0 Å².